The first-order valence-corrected chi connectivity index (χ1v) is 14.3. The Bertz CT molecular complexity index is 1570. The van der Waals surface area contributed by atoms with Crippen molar-refractivity contribution < 1.29 is 23.1 Å². The minimum absolute atomic E-state index is 0.0223. The highest BCUT2D eigenvalue weighted by Crippen LogP contribution is 2.31. The number of hydrogen-bond donors (Lipinski definition) is 2. The van der Waals surface area contributed by atoms with Gasteiger partial charge in [0.15, 0.2) is 0 Å². The smallest absolute Gasteiger partial charge is 0.396 e. The normalized spacial score (nSPS) is 17.2. The molecule has 0 radical (unpaired) electrons. The average Bonchev–Trinajstić information content (AvgIpc) is 3.65. The number of amides is 1. The quantitative estimate of drug-likeness (QED) is 0.298. The van der Waals surface area contributed by atoms with Crippen molar-refractivity contribution in [1.82, 2.24) is 49.4 Å². The van der Waals surface area contributed by atoms with Crippen molar-refractivity contribution in [2.75, 3.05) is 46.4 Å². The molecule has 2 aliphatic heterocycles. The zero-order valence-electron chi connectivity index (χ0n) is 23.7. The topological polar surface area (TPSA) is 132 Å². The number of nitrogens with one attached hydrogen (secondary N) is 1. The predicted octanol–water partition coefficient (Wildman–Crippen LogP) is 2.61. The van der Waals surface area contributed by atoms with Crippen LogP contribution in [0.25, 0.3) is 22.3 Å². The first kappa shape index (κ1) is 29.1. The Balaban J connectivity index is 1.05. The zero-order valence-corrected chi connectivity index (χ0v) is 23.7. The van der Waals surface area contributed by atoms with E-state index in [-0.39, 0.29) is 36.6 Å². The van der Waals surface area contributed by atoms with Crippen LogP contribution in [0.4, 0.5) is 13.2 Å². The molecule has 0 saturated carbocycles. The van der Waals surface area contributed by atoms with E-state index in [1.54, 1.807) is 16.8 Å². The number of nitrogens with zero attached hydrogens (tertiary/aromatic N) is 9. The van der Waals surface area contributed by atoms with Crippen LogP contribution in [-0.4, -0.2) is 113 Å². The van der Waals surface area contributed by atoms with Gasteiger partial charge in [0.05, 0.1) is 23.6 Å². The Hall–Kier alpha value is -3.95. The van der Waals surface area contributed by atoms with Crippen LogP contribution in [0.3, 0.4) is 0 Å². The highest BCUT2D eigenvalue weighted by atomic mass is 19.4. The van der Waals surface area contributed by atoms with E-state index < -0.39 is 17.9 Å². The summed E-state index contributed by atoms with van der Waals surface area (Å²) in [7, 11) is 1.72. The summed E-state index contributed by atoms with van der Waals surface area (Å²) < 4.78 is 42.6. The molecule has 0 aromatic carbocycles. The number of H-pyrrole nitrogens is 1. The third-order valence-electron chi connectivity index (χ3n) is 8.14. The van der Waals surface area contributed by atoms with Gasteiger partial charge in [0, 0.05) is 75.3 Å². The van der Waals surface area contributed by atoms with Gasteiger partial charge in [-0.3, -0.25) is 14.4 Å². The Morgan fingerprint density at radius 1 is 1.16 bits per heavy atom. The molecule has 228 valence electrons. The maximum atomic E-state index is 13.6. The summed E-state index contributed by atoms with van der Waals surface area (Å²) in [6.07, 6.45) is 4.36. The third kappa shape index (κ3) is 6.24. The molecule has 2 aliphatic rings. The fraction of sp³-hybridized carbons (Fsp3) is 0.500. The number of alkyl halides is 3. The van der Waals surface area contributed by atoms with Crippen LogP contribution in [0.15, 0.2) is 37.1 Å². The Morgan fingerprint density at radius 2 is 1.95 bits per heavy atom. The van der Waals surface area contributed by atoms with Gasteiger partial charge in [0.2, 0.25) is 5.82 Å². The van der Waals surface area contributed by atoms with Gasteiger partial charge in [-0.25, -0.2) is 19.9 Å². The molecule has 6 heterocycles. The maximum absolute atomic E-state index is 13.6. The van der Waals surface area contributed by atoms with E-state index in [1.807, 2.05) is 29.3 Å². The Morgan fingerprint density at radius 3 is 2.70 bits per heavy atom. The van der Waals surface area contributed by atoms with Gasteiger partial charge < -0.3 is 19.9 Å². The molecule has 0 spiro atoms. The van der Waals surface area contributed by atoms with Gasteiger partial charge in [0.1, 0.15) is 17.7 Å². The standard InChI is InChI=1S/C28H33F3N10O2/c1-38(7-2-10-42)14-19-11-23(37-27(36-19)28(29,30)31)26(43)39-8-4-20(5-9-39)40-15-21(16-40)41-13-18(12-35-41)24-22-3-6-32-25(22)34-17-33-24/h3,6,11-13,17,20-21,42H,2,4-5,7-10,14-16H2,1H3,(H,32,33,34). The van der Waals surface area contributed by atoms with E-state index in [0.29, 0.717) is 26.1 Å². The number of likely N-dealkylation sites (tertiary alicyclic amines) is 2. The van der Waals surface area contributed by atoms with Crippen molar-refractivity contribution >= 4 is 16.9 Å². The van der Waals surface area contributed by atoms with E-state index in [2.05, 4.69) is 34.9 Å². The number of aliphatic hydroxyl groups excluding tert-OH is 1. The Kier molecular flexibility index (Phi) is 8.11. The number of fused-ring (bicyclic) bond motifs is 1. The lowest BCUT2D eigenvalue weighted by molar-refractivity contribution is -0.145. The van der Waals surface area contributed by atoms with Crippen molar-refractivity contribution in [3.63, 3.8) is 0 Å². The maximum Gasteiger partial charge on any atom is 0.451 e. The monoisotopic (exact) mass is 598 g/mol. The van der Waals surface area contributed by atoms with Crippen molar-refractivity contribution in [3.8, 4) is 11.3 Å². The van der Waals surface area contributed by atoms with E-state index >= 15 is 0 Å². The number of carbonyl (C=O) groups is 1. The molecule has 4 aromatic rings. The van der Waals surface area contributed by atoms with Crippen LogP contribution in [0.2, 0.25) is 0 Å². The fourth-order valence-electron chi connectivity index (χ4n) is 5.82. The third-order valence-corrected chi connectivity index (χ3v) is 8.14. The zero-order chi connectivity index (χ0) is 30.1. The van der Waals surface area contributed by atoms with Gasteiger partial charge in [-0.1, -0.05) is 0 Å². The van der Waals surface area contributed by atoms with Crippen molar-refractivity contribution in [1.29, 1.82) is 0 Å². The molecule has 12 nitrogen and oxygen atoms in total. The van der Waals surface area contributed by atoms with Crippen LogP contribution in [-0.2, 0) is 12.7 Å². The van der Waals surface area contributed by atoms with Crippen LogP contribution >= 0.6 is 0 Å². The van der Waals surface area contributed by atoms with Gasteiger partial charge >= 0.3 is 6.18 Å². The van der Waals surface area contributed by atoms with Crippen molar-refractivity contribution in [2.24, 2.45) is 0 Å². The molecule has 0 unspecified atom stereocenters. The summed E-state index contributed by atoms with van der Waals surface area (Å²) in [4.78, 5) is 38.0. The number of hydrogen-bond acceptors (Lipinski definition) is 9. The molecule has 0 bridgehead atoms. The molecule has 0 aliphatic carbocycles. The number of halogens is 3. The van der Waals surface area contributed by atoms with Crippen LogP contribution in [0, 0.1) is 0 Å². The summed E-state index contributed by atoms with van der Waals surface area (Å²) >= 11 is 0. The molecule has 6 rings (SSSR count). The SMILES string of the molecule is CN(CCCO)Cc1cc(C(=O)N2CCC(N3CC(n4cc(-c5ncnc6[nH]ccc56)cn4)C3)CC2)nc(C(F)(F)F)n1. The van der Waals surface area contributed by atoms with Crippen LogP contribution in [0.1, 0.15) is 47.3 Å². The fourth-order valence-corrected chi connectivity index (χ4v) is 5.82. The molecule has 15 heteroatoms. The number of carbonyl (C=O) groups excluding carboxylic acids is 1. The highest BCUT2D eigenvalue weighted by Gasteiger charge is 2.38. The van der Waals surface area contributed by atoms with Crippen LogP contribution in [0.5, 0.6) is 0 Å². The van der Waals surface area contributed by atoms with Crippen LogP contribution < -0.4 is 0 Å². The molecule has 2 fully saturated rings. The number of piperidine rings is 1. The summed E-state index contributed by atoms with van der Waals surface area (Å²) in [5.41, 5.74) is 2.41. The molecule has 4 aromatic heterocycles. The summed E-state index contributed by atoms with van der Waals surface area (Å²) in [5.74, 6) is -1.83. The number of aromatic nitrogens is 7. The van der Waals surface area contributed by atoms with Gasteiger partial charge in [-0.05, 0) is 38.4 Å². The molecule has 2 N–H and O–H groups in total. The van der Waals surface area contributed by atoms with Crippen molar-refractivity contribution in [2.45, 2.75) is 44.1 Å². The molecule has 43 heavy (non-hydrogen) atoms. The second-order valence-corrected chi connectivity index (χ2v) is 11.2. The van der Waals surface area contributed by atoms with Gasteiger partial charge in [-0.2, -0.15) is 18.3 Å². The molecule has 1 amide bonds. The number of aromatic amines is 1. The number of rotatable bonds is 9. The second-order valence-electron chi connectivity index (χ2n) is 11.2. The lowest BCUT2D eigenvalue weighted by Crippen LogP contribution is -2.56. The molecule has 2 saturated heterocycles. The van der Waals surface area contributed by atoms with E-state index in [4.69, 9.17) is 5.11 Å². The summed E-state index contributed by atoms with van der Waals surface area (Å²) in [5, 5.41) is 14.6. The summed E-state index contributed by atoms with van der Waals surface area (Å²) in [6, 6.07) is 3.80. The average molecular weight is 599 g/mol. The first-order chi connectivity index (χ1) is 20.7. The molecular formula is C28H33F3N10O2. The molecular weight excluding hydrogens is 565 g/mol. The largest absolute Gasteiger partial charge is 0.451 e. The predicted molar refractivity (Wildman–Crippen MR) is 150 cm³/mol. The number of aliphatic hydroxyl groups is 1. The van der Waals surface area contributed by atoms with E-state index in [1.165, 1.54) is 12.4 Å². The molecule has 0 atom stereocenters. The minimum atomic E-state index is -4.77. The second kappa shape index (κ2) is 12.0. The lowest BCUT2D eigenvalue weighted by atomic mass is 9.97. The van der Waals surface area contributed by atoms with Gasteiger partial charge in [0.25, 0.3) is 5.91 Å². The minimum Gasteiger partial charge on any atom is -0.396 e. The Labute approximate surface area is 245 Å². The van der Waals surface area contributed by atoms with Crippen molar-refractivity contribution in [3.05, 3.63) is 54.3 Å². The highest BCUT2D eigenvalue weighted by molar-refractivity contribution is 5.92. The summed E-state index contributed by atoms with van der Waals surface area (Å²) in [6.45, 7) is 3.11. The first-order valence-electron chi connectivity index (χ1n) is 14.3. The van der Waals surface area contributed by atoms with E-state index in [9.17, 15) is 18.0 Å². The van der Waals surface area contributed by atoms with Gasteiger partial charge in [-0.15, -0.1) is 0 Å². The lowest BCUT2D eigenvalue weighted by Gasteiger charge is -2.47. The van der Waals surface area contributed by atoms with E-state index in [0.717, 1.165) is 48.2 Å².